The third kappa shape index (κ3) is 3.68. The number of rotatable bonds is 5. The van der Waals surface area contributed by atoms with Crippen molar-refractivity contribution < 1.29 is 14.0 Å². The number of nitrogens with two attached hydrogens (primary N) is 1. The molecule has 0 unspecified atom stereocenters. The predicted molar refractivity (Wildman–Crippen MR) is 98.8 cm³/mol. The quantitative estimate of drug-likeness (QED) is 0.209. The lowest BCUT2D eigenvalue weighted by Gasteiger charge is -2.15. The van der Waals surface area contributed by atoms with Gasteiger partial charge in [-0.15, -0.1) is 0 Å². The molecule has 9 heteroatoms. The van der Waals surface area contributed by atoms with Gasteiger partial charge in [-0.1, -0.05) is 35.5 Å². The number of hydrogen-bond donors (Lipinski definition) is 3. The first-order valence-electron chi connectivity index (χ1n) is 8.27. The summed E-state index contributed by atoms with van der Waals surface area (Å²) in [4.78, 5) is 4.19. The van der Waals surface area contributed by atoms with Crippen molar-refractivity contribution >= 4 is 16.9 Å². The average Bonchev–Trinajstić information content (AvgIpc) is 2.99. The largest absolute Gasteiger partial charge is 0.409 e. The second kappa shape index (κ2) is 7.58. The molecule has 4 N–H and O–H groups in total. The van der Waals surface area contributed by atoms with Gasteiger partial charge in [0.1, 0.15) is 16.9 Å². The van der Waals surface area contributed by atoms with E-state index in [9.17, 15) is 14.0 Å². The third-order valence-electron chi connectivity index (χ3n) is 4.09. The van der Waals surface area contributed by atoms with E-state index in [1.807, 2.05) is 30.3 Å². The number of aromatic nitrogens is 2. The molecule has 1 aromatic heterocycles. The van der Waals surface area contributed by atoms with Gasteiger partial charge in [-0.25, -0.2) is 23.4 Å². The van der Waals surface area contributed by atoms with Crippen molar-refractivity contribution in [2.24, 2.45) is 5.16 Å². The number of fused-ring (bicyclic) bond motifs is 1. The molecule has 142 valence electrons. The van der Waals surface area contributed by atoms with Crippen LogP contribution in [-0.4, -0.2) is 39.8 Å². The first kappa shape index (κ1) is 18.6. The number of nitrogens with one attached hydrogen (secondary N) is 1. The summed E-state index contributed by atoms with van der Waals surface area (Å²) in [5, 5.41) is 13.9. The van der Waals surface area contributed by atoms with Gasteiger partial charge in [0.25, 0.3) is 0 Å². The van der Waals surface area contributed by atoms with Crippen molar-refractivity contribution in [3.63, 3.8) is 0 Å². The molecule has 0 spiro atoms. The monoisotopic (exact) mass is 374 g/mol. The number of nitrogen functional groups attached to an aromatic ring is 1. The Kier molecular flexibility index (Phi) is 5.22. The van der Waals surface area contributed by atoms with E-state index in [0.717, 1.165) is 11.6 Å². The number of hydrogen-bond acceptors (Lipinski definition) is 5. The van der Waals surface area contributed by atoms with Crippen LogP contribution in [-0.2, 0) is 12.8 Å². The van der Waals surface area contributed by atoms with E-state index < -0.39 is 11.6 Å². The highest BCUT2D eigenvalue weighted by Crippen LogP contribution is 2.25. The van der Waals surface area contributed by atoms with E-state index in [-0.39, 0.29) is 22.4 Å². The number of aryl methyl sites for hydroxylation is 2. The fourth-order valence-corrected chi connectivity index (χ4v) is 2.87. The van der Waals surface area contributed by atoms with Crippen LogP contribution in [0, 0.1) is 11.6 Å². The van der Waals surface area contributed by atoms with Crippen molar-refractivity contribution in [1.29, 1.82) is 0 Å². The Morgan fingerprint density at radius 1 is 1.26 bits per heavy atom. The molecule has 7 nitrogen and oxygen atoms in total. The Morgan fingerprint density at radius 2 is 1.96 bits per heavy atom. The van der Waals surface area contributed by atoms with Gasteiger partial charge in [-0.3, -0.25) is 0 Å². The molecular formula is C18H20F2N6O. The summed E-state index contributed by atoms with van der Waals surface area (Å²) in [6, 6.07) is 10.6. The Bertz CT molecular complexity index is 985. The van der Waals surface area contributed by atoms with E-state index in [4.69, 9.17) is 5.84 Å². The maximum absolute atomic E-state index is 14.3. The van der Waals surface area contributed by atoms with Crippen LogP contribution >= 0.6 is 0 Å². The molecule has 3 rings (SSSR count). The summed E-state index contributed by atoms with van der Waals surface area (Å²) in [6.45, 7) is 0. The molecule has 3 aromatic rings. The molecule has 0 amide bonds. The molecule has 1 heterocycles. The number of oxime groups is 1. The number of halogens is 2. The van der Waals surface area contributed by atoms with Gasteiger partial charge in [0.2, 0.25) is 0 Å². The van der Waals surface area contributed by atoms with Gasteiger partial charge in [-0.2, -0.15) is 0 Å². The fourth-order valence-electron chi connectivity index (χ4n) is 2.87. The van der Waals surface area contributed by atoms with Gasteiger partial charge in [0.05, 0.1) is 5.56 Å². The standard InChI is InChI=1S/C18H20F2N6O/c1-25(2)23-18(24-27)12-10-13(19)15(20)16-17(12)26(21)14(22-16)9-8-11-6-4-3-5-7-11/h3-7,10,27H,8-9,21H2,1-2H3,(H,23,24). The SMILES string of the molecule is CN(C)NC(=NO)c1cc(F)c(F)c2nc(CCc3ccccc3)n(N)c12. The van der Waals surface area contributed by atoms with Crippen LogP contribution in [0.15, 0.2) is 41.6 Å². The zero-order valence-electron chi connectivity index (χ0n) is 14.9. The molecule has 0 atom stereocenters. The predicted octanol–water partition coefficient (Wildman–Crippen LogP) is 2.02. The highest BCUT2D eigenvalue weighted by atomic mass is 19.2. The summed E-state index contributed by atoms with van der Waals surface area (Å²) in [5.41, 5.74) is 3.82. The second-order valence-corrected chi connectivity index (χ2v) is 6.26. The Hall–Kier alpha value is -3.20. The van der Waals surface area contributed by atoms with Gasteiger partial charge >= 0.3 is 0 Å². The van der Waals surface area contributed by atoms with Crippen molar-refractivity contribution in [3.8, 4) is 0 Å². The number of imidazole rings is 1. The van der Waals surface area contributed by atoms with E-state index in [1.165, 1.54) is 9.69 Å². The lowest BCUT2D eigenvalue weighted by molar-refractivity contribution is 0.301. The van der Waals surface area contributed by atoms with Crippen molar-refractivity contribution in [2.75, 3.05) is 19.9 Å². The van der Waals surface area contributed by atoms with Crippen LogP contribution in [0.5, 0.6) is 0 Å². The number of benzene rings is 2. The Morgan fingerprint density at radius 3 is 2.59 bits per heavy atom. The molecule has 0 radical (unpaired) electrons. The van der Waals surface area contributed by atoms with Crippen LogP contribution in [0.25, 0.3) is 11.0 Å². The molecule has 0 fully saturated rings. The molecule has 27 heavy (non-hydrogen) atoms. The fraction of sp³-hybridized carbons (Fsp3) is 0.222. The summed E-state index contributed by atoms with van der Waals surface area (Å²) in [7, 11) is 3.32. The lowest BCUT2D eigenvalue weighted by atomic mass is 10.1. The van der Waals surface area contributed by atoms with Gasteiger partial charge < -0.3 is 16.5 Å². The first-order chi connectivity index (χ1) is 12.9. The lowest BCUT2D eigenvalue weighted by Crippen LogP contribution is -2.37. The summed E-state index contributed by atoms with van der Waals surface area (Å²) in [5.74, 6) is 4.24. The van der Waals surface area contributed by atoms with Gasteiger partial charge in [0, 0.05) is 20.5 Å². The maximum Gasteiger partial charge on any atom is 0.189 e. The summed E-state index contributed by atoms with van der Waals surface area (Å²) < 4.78 is 29.6. The zero-order chi connectivity index (χ0) is 19.6. The molecule has 0 aliphatic carbocycles. The van der Waals surface area contributed by atoms with Crippen LogP contribution in [0.1, 0.15) is 17.0 Å². The number of nitrogens with zero attached hydrogens (tertiary/aromatic N) is 4. The smallest absolute Gasteiger partial charge is 0.189 e. The maximum atomic E-state index is 14.3. The van der Waals surface area contributed by atoms with Crippen LogP contribution in [0.3, 0.4) is 0 Å². The minimum absolute atomic E-state index is 0.0786. The molecule has 0 saturated carbocycles. The minimum atomic E-state index is -1.10. The Labute approximate surface area is 154 Å². The molecule has 0 aliphatic heterocycles. The van der Waals surface area contributed by atoms with E-state index in [2.05, 4.69) is 15.6 Å². The van der Waals surface area contributed by atoms with Crippen LogP contribution < -0.4 is 11.3 Å². The van der Waals surface area contributed by atoms with Gasteiger partial charge in [0.15, 0.2) is 17.5 Å². The van der Waals surface area contributed by atoms with E-state index in [1.54, 1.807) is 14.1 Å². The summed E-state index contributed by atoms with van der Waals surface area (Å²) in [6.07, 6.45) is 1.07. The molecule has 2 aromatic carbocycles. The highest BCUT2D eigenvalue weighted by molar-refractivity contribution is 6.08. The average molecular weight is 374 g/mol. The Balaban J connectivity index is 2.07. The number of amidine groups is 1. The second-order valence-electron chi connectivity index (χ2n) is 6.26. The van der Waals surface area contributed by atoms with Crippen molar-refractivity contribution in [3.05, 3.63) is 65.0 Å². The normalized spacial score (nSPS) is 12.1. The zero-order valence-corrected chi connectivity index (χ0v) is 14.9. The summed E-state index contributed by atoms with van der Waals surface area (Å²) >= 11 is 0. The highest BCUT2D eigenvalue weighted by Gasteiger charge is 2.23. The van der Waals surface area contributed by atoms with Crippen molar-refractivity contribution in [2.45, 2.75) is 12.8 Å². The van der Waals surface area contributed by atoms with Crippen LogP contribution in [0.2, 0.25) is 0 Å². The first-order valence-corrected chi connectivity index (χ1v) is 8.27. The third-order valence-corrected chi connectivity index (χ3v) is 4.09. The minimum Gasteiger partial charge on any atom is -0.409 e. The molecule has 0 aliphatic rings. The molecule has 0 saturated heterocycles. The van der Waals surface area contributed by atoms with Gasteiger partial charge in [-0.05, 0) is 18.1 Å². The molecule has 0 bridgehead atoms. The van der Waals surface area contributed by atoms with Crippen molar-refractivity contribution in [1.82, 2.24) is 20.1 Å². The topological polar surface area (TPSA) is 91.7 Å². The van der Waals surface area contributed by atoms with Crippen LogP contribution in [0.4, 0.5) is 8.78 Å². The van der Waals surface area contributed by atoms with E-state index in [0.29, 0.717) is 18.7 Å². The number of hydrazine groups is 1. The van der Waals surface area contributed by atoms with E-state index >= 15 is 0 Å². The molecular weight excluding hydrogens is 354 g/mol.